The minimum Gasteiger partial charge on any atom is -0.450 e. The van der Waals surface area contributed by atoms with E-state index in [9.17, 15) is 39.6 Å². The van der Waals surface area contributed by atoms with Crippen LogP contribution in [0.2, 0.25) is 0 Å². The van der Waals surface area contributed by atoms with E-state index in [2.05, 4.69) is 56.5 Å². The monoisotopic (exact) mass is 1110 g/mol. The molecule has 0 unspecified atom stereocenters. The van der Waals surface area contributed by atoms with Crippen LogP contribution in [0, 0.1) is 0 Å². The number of rotatable bonds is 2. The van der Waals surface area contributed by atoms with Crippen LogP contribution in [0.5, 0.6) is 0 Å². The van der Waals surface area contributed by atoms with Crippen molar-refractivity contribution in [2.45, 2.75) is 204 Å². The van der Waals surface area contributed by atoms with Crippen molar-refractivity contribution in [2.75, 3.05) is 106 Å². The lowest BCUT2D eigenvalue weighted by Gasteiger charge is -2.38. The van der Waals surface area contributed by atoms with Crippen molar-refractivity contribution in [2.24, 2.45) is 0 Å². The SMILES string of the molecule is CC(=O)N(C)C(C)(C)C.CC(C)(C)N1CCCS1(=O)=O.CC(C)(C)N1CCOCC1.CCOC(=O)NC(C)(C)C.CN(C(C)(C)C)S(C)(=O)=O.CN1CCN(C(C)(C)C)C1=O.CN1CCN(C(C)(C)C)S1(=O)=O. The summed E-state index contributed by atoms with van der Waals surface area (Å²) in [4.78, 5) is 40.7. The zero-order valence-corrected chi connectivity index (χ0v) is 53.7. The molecule has 4 aliphatic heterocycles. The predicted molar refractivity (Wildman–Crippen MR) is 300 cm³/mol. The van der Waals surface area contributed by atoms with Gasteiger partial charge in [0.05, 0.1) is 31.8 Å². The van der Waals surface area contributed by atoms with Crippen molar-refractivity contribution in [3.63, 3.8) is 0 Å². The number of hydrogen-bond donors (Lipinski definition) is 1. The van der Waals surface area contributed by atoms with Crippen molar-refractivity contribution >= 4 is 48.3 Å². The van der Waals surface area contributed by atoms with Crippen molar-refractivity contribution in [3.05, 3.63) is 0 Å². The molecule has 4 heterocycles. The zero-order valence-electron chi connectivity index (χ0n) is 51.3. The average molecular weight is 1110 g/mol. The van der Waals surface area contributed by atoms with Crippen molar-refractivity contribution in [1.82, 2.24) is 42.1 Å². The molecule has 0 atom stereocenters. The molecule has 1 N–H and O–H groups in total. The molecule has 0 aromatic carbocycles. The van der Waals surface area contributed by atoms with Crippen LogP contribution in [-0.2, 0) is 44.5 Å². The summed E-state index contributed by atoms with van der Waals surface area (Å²) in [6, 6.07) is 0.150. The van der Waals surface area contributed by atoms with Gasteiger partial charge in [-0.05, 0) is 159 Å². The van der Waals surface area contributed by atoms with E-state index in [1.54, 1.807) is 42.0 Å². The summed E-state index contributed by atoms with van der Waals surface area (Å²) < 4.78 is 83.4. The normalized spacial score (nSPS) is 19.2. The molecular weight excluding hydrogens is 999 g/mol. The van der Waals surface area contributed by atoms with Gasteiger partial charge in [-0.3, -0.25) is 9.69 Å². The lowest BCUT2D eigenvalue weighted by Crippen LogP contribution is -2.47. The lowest BCUT2D eigenvalue weighted by molar-refractivity contribution is -0.131. The van der Waals surface area contributed by atoms with Gasteiger partial charge in [0.25, 0.3) is 10.2 Å². The second kappa shape index (κ2) is 29.4. The van der Waals surface area contributed by atoms with Gasteiger partial charge in [-0.2, -0.15) is 25.6 Å². The van der Waals surface area contributed by atoms with Gasteiger partial charge in [0.2, 0.25) is 26.0 Å². The summed E-state index contributed by atoms with van der Waals surface area (Å²) >= 11 is 0. The molecule has 0 saturated carbocycles. The molecule has 73 heavy (non-hydrogen) atoms. The minimum atomic E-state index is -3.16. The standard InChI is InChI=1S/C8H16N2O.C8H17NO.C7H16N2O2S.C7H15NO2S.C7H15NO2.C7H15NO.C6H15NO2S/c1-8(2,3)10-6-5-9(4)7(10)11;1-8(2,3)9-4-6-10-7-5-9;1-7(2,3)9-6-5-8(4)12(9,10)11;1-7(2,3)8-5-4-6-11(8,9)10;1-5-10-6(9)8-7(2,3)4;1-6(9)8(5)7(2,3)4;1-6(2,3)7(4)10(5,8)9/h5-6H2,1-4H3;4-7H2,1-3H3;5-6H2,1-4H3;4-6H2,1-3H3;5H2,1-4H3,(H,8,9);1-5H3;1-5H3. The first-order valence-corrected chi connectivity index (χ1v) is 30.2. The second-order valence-electron chi connectivity index (χ2n) is 25.5. The van der Waals surface area contributed by atoms with Crippen molar-refractivity contribution < 1.29 is 49.1 Å². The van der Waals surface area contributed by atoms with Gasteiger partial charge in [-0.25, -0.2) is 26.4 Å². The Morgan fingerprint density at radius 1 is 0.658 bits per heavy atom. The quantitative estimate of drug-likeness (QED) is 0.302. The van der Waals surface area contributed by atoms with E-state index in [-0.39, 0.29) is 51.3 Å². The number of morpholine rings is 1. The molecule has 4 rings (SSSR count). The van der Waals surface area contributed by atoms with Crippen LogP contribution >= 0.6 is 0 Å². The number of ether oxygens (including phenoxy) is 2. The smallest absolute Gasteiger partial charge is 0.407 e. The molecule has 4 saturated heterocycles. The predicted octanol–water partition coefficient (Wildman–Crippen LogP) is 6.84. The lowest BCUT2D eigenvalue weighted by atomic mass is 10.1. The van der Waals surface area contributed by atoms with Gasteiger partial charge in [-0.15, -0.1) is 0 Å². The Bertz CT molecular complexity index is 2000. The van der Waals surface area contributed by atoms with Gasteiger partial charge >= 0.3 is 12.1 Å². The van der Waals surface area contributed by atoms with Crippen LogP contribution < -0.4 is 5.32 Å². The minimum absolute atomic E-state index is 0.0259. The molecule has 4 aliphatic rings. The van der Waals surface area contributed by atoms with E-state index < -0.39 is 30.3 Å². The summed E-state index contributed by atoms with van der Waals surface area (Å²) in [5.41, 5.74) is -0.795. The van der Waals surface area contributed by atoms with Crippen LogP contribution in [0.3, 0.4) is 0 Å². The molecule has 23 heteroatoms. The molecule has 0 bridgehead atoms. The summed E-state index contributed by atoms with van der Waals surface area (Å²) in [5.74, 6) is 0.437. The molecule has 0 aromatic heterocycles. The van der Waals surface area contributed by atoms with Crippen molar-refractivity contribution in [1.29, 1.82) is 0 Å². The number of hydrogen-bond acceptors (Lipinski definition) is 12. The van der Waals surface area contributed by atoms with Gasteiger partial charge in [0, 0.05) is 120 Å². The van der Waals surface area contributed by atoms with Crippen LogP contribution in [0.1, 0.15) is 166 Å². The maximum Gasteiger partial charge on any atom is 0.407 e. The first kappa shape index (κ1) is 74.9. The van der Waals surface area contributed by atoms with Crippen LogP contribution in [-0.4, -0.2) is 225 Å². The summed E-state index contributed by atoms with van der Waals surface area (Å²) in [6.07, 6.45) is 1.63. The molecule has 0 spiro atoms. The highest BCUT2D eigenvalue weighted by Crippen LogP contribution is 2.25. The Morgan fingerprint density at radius 3 is 1.27 bits per heavy atom. The topological polar surface area (TPSA) is 210 Å². The number of urea groups is 1. The van der Waals surface area contributed by atoms with E-state index in [1.165, 1.54) is 19.2 Å². The zero-order chi connectivity index (χ0) is 59.0. The highest BCUT2D eigenvalue weighted by Gasteiger charge is 2.41. The Kier molecular flexibility index (Phi) is 30.1. The van der Waals surface area contributed by atoms with E-state index >= 15 is 0 Å². The Hall–Kier alpha value is -2.38. The largest absolute Gasteiger partial charge is 0.450 e. The molecule has 0 aromatic rings. The fourth-order valence-corrected chi connectivity index (χ4v) is 11.3. The highest BCUT2D eigenvalue weighted by molar-refractivity contribution is 7.89. The second-order valence-corrected chi connectivity index (χ2v) is 31.5. The van der Waals surface area contributed by atoms with Crippen LogP contribution in [0.25, 0.3) is 0 Å². The Morgan fingerprint density at radius 2 is 1.11 bits per heavy atom. The average Bonchev–Trinajstić information content (AvgIpc) is 3.82. The number of sulfonamides is 2. The number of likely N-dealkylation sites (N-methyl/N-ethyl adjacent to an activating group) is 2. The number of carbonyl (C=O) groups is 3. The molecule has 438 valence electrons. The Labute approximate surface area is 447 Å². The van der Waals surface area contributed by atoms with Gasteiger partial charge < -0.3 is 29.5 Å². The van der Waals surface area contributed by atoms with E-state index in [1.807, 2.05) is 123 Å². The van der Waals surface area contributed by atoms with E-state index in [0.29, 0.717) is 37.5 Å². The van der Waals surface area contributed by atoms with Gasteiger partial charge in [-0.1, -0.05) is 0 Å². The summed E-state index contributed by atoms with van der Waals surface area (Å²) in [6.45, 7) is 53.1. The van der Waals surface area contributed by atoms with Crippen molar-refractivity contribution in [3.8, 4) is 0 Å². The third kappa shape index (κ3) is 30.2. The molecule has 20 nitrogen and oxygen atoms in total. The molecular formula is C50H109N9O11S3. The third-order valence-corrected chi connectivity index (χ3v) is 17.6. The van der Waals surface area contributed by atoms with Crippen LogP contribution in [0.4, 0.5) is 9.59 Å². The fraction of sp³-hybridized carbons (Fsp3) is 0.940. The molecule has 0 radical (unpaired) electrons. The number of nitrogens with one attached hydrogen (secondary N) is 1. The maximum atomic E-state index is 11.6. The summed E-state index contributed by atoms with van der Waals surface area (Å²) in [7, 11) is -2.26. The van der Waals surface area contributed by atoms with Gasteiger partial charge in [0.15, 0.2) is 0 Å². The Balaban J connectivity index is -0.000000785. The summed E-state index contributed by atoms with van der Waals surface area (Å²) in [5, 5.41) is 2.66. The fourth-order valence-electron chi connectivity index (χ4n) is 6.65. The number of alkyl carbamates (subject to hydrolysis) is 1. The number of carbonyl (C=O) groups excluding carboxylic acids is 3. The van der Waals surface area contributed by atoms with E-state index in [0.717, 1.165) is 45.8 Å². The maximum absolute atomic E-state index is 11.6. The third-order valence-electron chi connectivity index (χ3n) is 11.5. The molecule has 0 aliphatic carbocycles. The van der Waals surface area contributed by atoms with E-state index in [4.69, 9.17) is 4.74 Å². The molecule has 4 amide bonds. The first-order chi connectivity index (χ1) is 32.1. The highest BCUT2D eigenvalue weighted by atomic mass is 32.2. The van der Waals surface area contributed by atoms with Crippen LogP contribution in [0.15, 0.2) is 0 Å². The number of nitrogens with zero attached hydrogens (tertiary/aromatic N) is 8. The first-order valence-electron chi connectivity index (χ1n) is 25.3. The molecule has 4 fully saturated rings. The number of amides is 4. The van der Waals surface area contributed by atoms with Gasteiger partial charge in [0.1, 0.15) is 0 Å².